The standard InChI is InChI=1S/C20H15NOS3/c22-19(23-16-10-4-1-5-11-16)21-20(24-17-12-6-2-7-13-17)25-18-14-8-3-9-15-18/h1-15H. The van der Waals surface area contributed by atoms with Gasteiger partial charge in [-0.3, -0.25) is 4.79 Å². The molecule has 0 bridgehead atoms. The first kappa shape index (κ1) is 17.9. The maximum atomic E-state index is 12.4. The molecule has 0 atom stereocenters. The first-order valence-corrected chi connectivity index (χ1v) is 10.1. The van der Waals surface area contributed by atoms with Crippen molar-refractivity contribution in [1.29, 1.82) is 0 Å². The fourth-order valence-corrected chi connectivity index (χ4v) is 4.67. The van der Waals surface area contributed by atoms with Gasteiger partial charge in [0.25, 0.3) is 0 Å². The Balaban J connectivity index is 1.78. The van der Waals surface area contributed by atoms with Crippen LogP contribution < -0.4 is 0 Å². The van der Waals surface area contributed by atoms with Crippen molar-refractivity contribution in [3.05, 3.63) is 91.0 Å². The molecule has 2 nitrogen and oxygen atoms in total. The minimum Gasteiger partial charge on any atom is -0.259 e. The van der Waals surface area contributed by atoms with Crippen LogP contribution in [0.4, 0.5) is 4.79 Å². The fourth-order valence-electron chi connectivity index (χ4n) is 1.93. The van der Waals surface area contributed by atoms with E-state index < -0.39 is 0 Å². The van der Waals surface area contributed by atoms with Crippen LogP contribution in [-0.4, -0.2) is 9.61 Å². The van der Waals surface area contributed by atoms with Crippen LogP contribution in [0, 0.1) is 0 Å². The van der Waals surface area contributed by atoms with Crippen LogP contribution in [0.25, 0.3) is 0 Å². The SMILES string of the molecule is O=C(N=C(Sc1ccccc1)Sc1ccccc1)Sc1ccccc1. The number of thioether (sulfide) groups is 3. The molecule has 0 spiro atoms. The quantitative estimate of drug-likeness (QED) is 0.282. The molecular formula is C20H15NOS3. The average molecular weight is 382 g/mol. The summed E-state index contributed by atoms with van der Waals surface area (Å²) in [5, 5.41) is -0.215. The molecule has 25 heavy (non-hydrogen) atoms. The summed E-state index contributed by atoms with van der Waals surface area (Å²) in [4.78, 5) is 19.7. The van der Waals surface area contributed by atoms with Crippen LogP contribution in [0.15, 0.2) is 111 Å². The van der Waals surface area contributed by atoms with Crippen LogP contribution in [0.2, 0.25) is 0 Å². The van der Waals surface area contributed by atoms with Gasteiger partial charge < -0.3 is 0 Å². The molecule has 0 radical (unpaired) electrons. The van der Waals surface area contributed by atoms with Gasteiger partial charge in [0.05, 0.1) is 0 Å². The summed E-state index contributed by atoms with van der Waals surface area (Å²) in [7, 11) is 0. The highest BCUT2D eigenvalue weighted by Crippen LogP contribution is 2.32. The summed E-state index contributed by atoms with van der Waals surface area (Å²) < 4.78 is 0.714. The van der Waals surface area contributed by atoms with E-state index >= 15 is 0 Å². The average Bonchev–Trinajstić information content (AvgIpc) is 2.64. The van der Waals surface area contributed by atoms with E-state index in [4.69, 9.17) is 0 Å². The Bertz CT molecular complexity index is 793. The number of benzene rings is 3. The predicted molar refractivity (Wildman–Crippen MR) is 110 cm³/mol. The maximum Gasteiger partial charge on any atom is 0.311 e. The number of amides is 1. The molecule has 1 amide bonds. The molecule has 0 unspecified atom stereocenters. The third kappa shape index (κ3) is 6.12. The summed E-state index contributed by atoms with van der Waals surface area (Å²) >= 11 is 4.14. The number of rotatable bonds is 3. The number of hydrogen-bond donors (Lipinski definition) is 0. The van der Waals surface area contributed by atoms with Crippen LogP contribution >= 0.6 is 35.3 Å². The van der Waals surface area contributed by atoms with Crippen molar-refractivity contribution >= 4 is 44.9 Å². The van der Waals surface area contributed by atoms with E-state index in [1.165, 1.54) is 23.5 Å². The molecule has 0 saturated heterocycles. The smallest absolute Gasteiger partial charge is 0.259 e. The topological polar surface area (TPSA) is 29.4 Å². The molecule has 124 valence electrons. The largest absolute Gasteiger partial charge is 0.311 e. The van der Waals surface area contributed by atoms with Crippen molar-refractivity contribution in [2.75, 3.05) is 0 Å². The maximum absolute atomic E-state index is 12.4. The van der Waals surface area contributed by atoms with Gasteiger partial charge >= 0.3 is 5.24 Å². The van der Waals surface area contributed by atoms with Crippen molar-refractivity contribution in [3.63, 3.8) is 0 Å². The predicted octanol–water partition coefficient (Wildman–Crippen LogP) is 6.84. The van der Waals surface area contributed by atoms with Gasteiger partial charge in [-0.15, -0.1) is 0 Å². The third-order valence-electron chi connectivity index (χ3n) is 3.03. The van der Waals surface area contributed by atoms with Crippen molar-refractivity contribution < 1.29 is 4.79 Å². The van der Waals surface area contributed by atoms with E-state index in [9.17, 15) is 4.79 Å². The molecule has 0 aliphatic heterocycles. The zero-order valence-electron chi connectivity index (χ0n) is 13.2. The van der Waals surface area contributed by atoms with Gasteiger partial charge in [0.2, 0.25) is 0 Å². The Morgan fingerprint density at radius 2 is 0.920 bits per heavy atom. The molecule has 5 heteroatoms. The molecule has 0 aliphatic rings. The van der Waals surface area contributed by atoms with E-state index in [-0.39, 0.29) is 5.24 Å². The molecule has 0 heterocycles. The normalized spacial score (nSPS) is 10.2. The van der Waals surface area contributed by atoms with Crippen molar-refractivity contribution in [3.8, 4) is 0 Å². The Hall–Kier alpha value is -1.95. The lowest BCUT2D eigenvalue weighted by molar-refractivity contribution is 0.267. The summed E-state index contributed by atoms with van der Waals surface area (Å²) in [6.45, 7) is 0. The van der Waals surface area contributed by atoms with Crippen molar-refractivity contribution in [2.45, 2.75) is 14.7 Å². The molecule has 0 saturated carbocycles. The molecule has 3 aromatic carbocycles. The number of aliphatic imine (C=N–C) groups is 1. The zero-order valence-corrected chi connectivity index (χ0v) is 15.7. The Kier molecular flexibility index (Phi) is 6.79. The second kappa shape index (κ2) is 9.51. The van der Waals surface area contributed by atoms with Crippen LogP contribution in [0.3, 0.4) is 0 Å². The van der Waals surface area contributed by atoms with E-state index in [0.29, 0.717) is 4.38 Å². The monoisotopic (exact) mass is 381 g/mol. The Labute approximate surface area is 160 Å². The molecule has 0 aromatic heterocycles. The fraction of sp³-hybridized carbons (Fsp3) is 0. The summed E-state index contributed by atoms with van der Waals surface area (Å²) in [5.74, 6) is 0. The molecule has 3 aromatic rings. The molecule has 0 N–H and O–H groups in total. The second-order valence-electron chi connectivity index (χ2n) is 4.89. The summed E-state index contributed by atoms with van der Waals surface area (Å²) in [6.07, 6.45) is 0. The van der Waals surface area contributed by atoms with E-state index in [1.54, 1.807) is 0 Å². The van der Waals surface area contributed by atoms with Gasteiger partial charge in [0.1, 0.15) is 4.38 Å². The lowest BCUT2D eigenvalue weighted by Crippen LogP contribution is -1.92. The van der Waals surface area contributed by atoms with Crippen molar-refractivity contribution in [2.24, 2.45) is 4.99 Å². The minimum atomic E-state index is -0.215. The zero-order chi connectivity index (χ0) is 17.3. The number of hydrogen-bond acceptors (Lipinski definition) is 4. The van der Waals surface area contributed by atoms with Gasteiger partial charge in [-0.25, -0.2) is 0 Å². The highest BCUT2D eigenvalue weighted by atomic mass is 32.2. The number of carbonyl (C=O) groups excluding carboxylic acids is 1. The molecular weight excluding hydrogens is 366 g/mol. The summed E-state index contributed by atoms with van der Waals surface area (Å²) in [5.41, 5.74) is 0. The van der Waals surface area contributed by atoms with Gasteiger partial charge in [-0.05, 0) is 48.2 Å². The first-order chi connectivity index (χ1) is 12.3. The molecule has 0 fully saturated rings. The van der Waals surface area contributed by atoms with E-state index in [2.05, 4.69) is 4.99 Å². The second-order valence-corrected chi connectivity index (χ2v) is 8.30. The number of carbonyl (C=O) groups is 1. The highest BCUT2D eigenvalue weighted by molar-refractivity contribution is 8.39. The minimum absolute atomic E-state index is 0.215. The molecule has 0 aliphatic carbocycles. The van der Waals surface area contributed by atoms with E-state index in [1.807, 2.05) is 91.0 Å². The summed E-state index contributed by atoms with van der Waals surface area (Å²) in [6, 6.07) is 29.5. The first-order valence-electron chi connectivity index (χ1n) is 7.61. The lowest BCUT2D eigenvalue weighted by atomic mass is 10.4. The van der Waals surface area contributed by atoms with Crippen LogP contribution in [-0.2, 0) is 0 Å². The Morgan fingerprint density at radius 3 is 1.32 bits per heavy atom. The van der Waals surface area contributed by atoms with E-state index in [0.717, 1.165) is 26.4 Å². The van der Waals surface area contributed by atoms with Crippen LogP contribution in [0.1, 0.15) is 0 Å². The van der Waals surface area contributed by atoms with Gasteiger partial charge in [0.15, 0.2) is 0 Å². The highest BCUT2D eigenvalue weighted by Gasteiger charge is 2.10. The Morgan fingerprint density at radius 1 is 0.560 bits per heavy atom. The number of nitrogens with zero attached hydrogens (tertiary/aromatic N) is 1. The van der Waals surface area contributed by atoms with Crippen LogP contribution in [0.5, 0.6) is 0 Å². The van der Waals surface area contributed by atoms with Gasteiger partial charge in [-0.2, -0.15) is 4.99 Å². The third-order valence-corrected chi connectivity index (χ3v) is 5.85. The van der Waals surface area contributed by atoms with Gasteiger partial charge in [-0.1, -0.05) is 78.1 Å². The van der Waals surface area contributed by atoms with Crippen molar-refractivity contribution in [1.82, 2.24) is 0 Å². The molecule has 3 rings (SSSR count). The van der Waals surface area contributed by atoms with Gasteiger partial charge in [0, 0.05) is 14.7 Å². The lowest BCUT2D eigenvalue weighted by Gasteiger charge is -2.06.